The van der Waals surface area contributed by atoms with Crippen LogP contribution in [0.5, 0.6) is 0 Å². The highest BCUT2D eigenvalue weighted by Gasteiger charge is 2.06. The van der Waals surface area contributed by atoms with Crippen LogP contribution in [0.2, 0.25) is 0 Å². The van der Waals surface area contributed by atoms with Crippen molar-refractivity contribution in [1.82, 2.24) is 3.53 Å². The van der Waals surface area contributed by atoms with Gasteiger partial charge in [0.25, 0.3) is 0 Å². The summed E-state index contributed by atoms with van der Waals surface area (Å²) in [6, 6.07) is 5.99. The number of halogens is 2. The second kappa shape index (κ2) is 6.31. The maximum absolute atomic E-state index is 12.6. The van der Waals surface area contributed by atoms with Crippen LogP contribution in [0.4, 0.5) is 4.39 Å². The van der Waals surface area contributed by atoms with E-state index >= 15 is 0 Å². The highest BCUT2D eigenvalue weighted by molar-refractivity contribution is 14.1. The fourth-order valence-corrected chi connectivity index (χ4v) is 1.60. The molecule has 78 valence electrons. The molecule has 0 aliphatic rings. The van der Waals surface area contributed by atoms with Gasteiger partial charge in [-0.2, -0.15) is 0 Å². The lowest BCUT2D eigenvalue weighted by molar-refractivity contribution is 0.165. The molecule has 0 aliphatic carbocycles. The van der Waals surface area contributed by atoms with Crippen LogP contribution in [-0.4, -0.2) is 11.7 Å². The van der Waals surface area contributed by atoms with Crippen molar-refractivity contribution in [3.63, 3.8) is 0 Å². The van der Waals surface area contributed by atoms with Gasteiger partial charge in [-0.1, -0.05) is 12.1 Å². The molecule has 1 aromatic carbocycles. The maximum atomic E-state index is 12.6. The summed E-state index contributed by atoms with van der Waals surface area (Å²) in [5.41, 5.74) is 0.778. The Bertz CT molecular complexity index is 265. The molecular formula is C10H13FINO. The second-order valence-electron chi connectivity index (χ2n) is 3.09. The van der Waals surface area contributed by atoms with Crippen LogP contribution < -0.4 is 3.53 Å². The van der Waals surface area contributed by atoms with E-state index in [0.29, 0.717) is 6.42 Å². The van der Waals surface area contributed by atoms with Crippen LogP contribution in [0.15, 0.2) is 24.3 Å². The van der Waals surface area contributed by atoms with Gasteiger partial charge in [0.1, 0.15) is 5.82 Å². The average molecular weight is 309 g/mol. The lowest BCUT2D eigenvalue weighted by Crippen LogP contribution is -2.04. The van der Waals surface area contributed by atoms with Crippen LogP contribution in [0.1, 0.15) is 24.5 Å². The maximum Gasteiger partial charge on any atom is 0.123 e. The molecule has 0 spiro atoms. The smallest absolute Gasteiger partial charge is 0.123 e. The number of rotatable bonds is 5. The number of hydrogen-bond donors (Lipinski definition) is 2. The molecule has 1 atom stereocenters. The third kappa shape index (κ3) is 3.89. The fourth-order valence-electron chi connectivity index (χ4n) is 1.21. The quantitative estimate of drug-likeness (QED) is 0.498. The Kier molecular flexibility index (Phi) is 5.36. The van der Waals surface area contributed by atoms with Crippen LogP contribution >= 0.6 is 22.9 Å². The molecule has 4 heteroatoms. The zero-order valence-corrected chi connectivity index (χ0v) is 9.87. The first kappa shape index (κ1) is 11.9. The Morgan fingerprint density at radius 2 is 2.00 bits per heavy atom. The monoisotopic (exact) mass is 309 g/mol. The molecule has 0 heterocycles. The molecule has 0 bridgehead atoms. The van der Waals surface area contributed by atoms with Gasteiger partial charge < -0.3 is 5.11 Å². The third-order valence-corrected chi connectivity index (χ3v) is 2.54. The van der Waals surface area contributed by atoms with Crippen molar-refractivity contribution in [2.24, 2.45) is 0 Å². The lowest BCUT2D eigenvalue weighted by atomic mass is 10.1. The molecule has 0 saturated carbocycles. The average Bonchev–Trinajstić information content (AvgIpc) is 2.19. The van der Waals surface area contributed by atoms with Gasteiger partial charge in [-0.15, -0.1) is 0 Å². The molecule has 2 N–H and O–H groups in total. The molecule has 2 nitrogen and oxygen atoms in total. The van der Waals surface area contributed by atoms with E-state index in [1.54, 1.807) is 12.1 Å². The van der Waals surface area contributed by atoms with E-state index in [1.807, 2.05) is 0 Å². The summed E-state index contributed by atoms with van der Waals surface area (Å²) in [6.07, 6.45) is 1.11. The van der Waals surface area contributed by atoms with Gasteiger partial charge in [-0.3, -0.25) is 3.53 Å². The van der Waals surface area contributed by atoms with E-state index in [1.165, 1.54) is 12.1 Å². The van der Waals surface area contributed by atoms with Crippen molar-refractivity contribution in [2.45, 2.75) is 18.9 Å². The summed E-state index contributed by atoms with van der Waals surface area (Å²) in [5.74, 6) is -0.269. The predicted molar refractivity (Wildman–Crippen MR) is 62.6 cm³/mol. The molecular weight excluding hydrogens is 296 g/mol. The molecule has 14 heavy (non-hydrogen) atoms. The Hall–Kier alpha value is -0.200. The van der Waals surface area contributed by atoms with Crippen LogP contribution in [-0.2, 0) is 0 Å². The topological polar surface area (TPSA) is 32.3 Å². The first-order valence-electron chi connectivity index (χ1n) is 4.51. The summed E-state index contributed by atoms with van der Waals surface area (Å²) in [4.78, 5) is 0. The van der Waals surface area contributed by atoms with Crippen molar-refractivity contribution in [1.29, 1.82) is 0 Å². The van der Waals surface area contributed by atoms with Crippen LogP contribution in [0, 0.1) is 5.82 Å². The van der Waals surface area contributed by atoms with Crippen LogP contribution in [0.25, 0.3) is 0 Å². The van der Waals surface area contributed by atoms with Crippen molar-refractivity contribution >= 4 is 22.9 Å². The van der Waals surface area contributed by atoms with E-state index in [4.69, 9.17) is 0 Å². The summed E-state index contributed by atoms with van der Waals surface area (Å²) in [5, 5.41) is 9.69. The Labute approximate surface area is 97.0 Å². The van der Waals surface area contributed by atoms with E-state index < -0.39 is 6.10 Å². The first-order valence-corrected chi connectivity index (χ1v) is 5.59. The largest absolute Gasteiger partial charge is 0.388 e. The summed E-state index contributed by atoms with van der Waals surface area (Å²) < 4.78 is 15.5. The van der Waals surface area contributed by atoms with Gasteiger partial charge in [0.15, 0.2) is 0 Å². The van der Waals surface area contributed by atoms with Gasteiger partial charge in [0.05, 0.1) is 6.10 Å². The van der Waals surface area contributed by atoms with Gasteiger partial charge in [-0.05, 0) is 30.5 Å². The van der Waals surface area contributed by atoms with Gasteiger partial charge in [0.2, 0.25) is 0 Å². The molecule has 0 radical (unpaired) electrons. The normalized spacial score (nSPS) is 12.8. The molecule has 0 aliphatic heterocycles. The predicted octanol–water partition coefficient (Wildman–Crippen LogP) is 2.58. The van der Waals surface area contributed by atoms with Crippen molar-refractivity contribution < 1.29 is 9.50 Å². The number of aliphatic hydroxyl groups is 1. The fraction of sp³-hybridized carbons (Fsp3) is 0.400. The molecule has 1 aromatic rings. The van der Waals surface area contributed by atoms with Crippen molar-refractivity contribution in [3.05, 3.63) is 35.6 Å². The van der Waals surface area contributed by atoms with Crippen LogP contribution in [0.3, 0.4) is 0 Å². The van der Waals surface area contributed by atoms with Gasteiger partial charge >= 0.3 is 0 Å². The summed E-state index contributed by atoms with van der Waals surface area (Å²) in [6.45, 7) is 0.874. The Morgan fingerprint density at radius 3 is 2.57 bits per heavy atom. The zero-order chi connectivity index (χ0) is 10.4. The number of aliphatic hydroxyl groups excluding tert-OH is 1. The number of benzene rings is 1. The highest BCUT2D eigenvalue weighted by atomic mass is 127. The SMILES string of the molecule is OC(CCCNI)c1ccc(F)cc1. The summed E-state index contributed by atoms with van der Waals surface area (Å²) >= 11 is 2.07. The van der Waals surface area contributed by atoms with E-state index in [9.17, 15) is 9.50 Å². The molecule has 0 fully saturated rings. The van der Waals surface area contributed by atoms with E-state index in [0.717, 1.165) is 18.5 Å². The second-order valence-corrected chi connectivity index (χ2v) is 3.86. The molecule has 0 saturated heterocycles. The van der Waals surface area contributed by atoms with E-state index in [-0.39, 0.29) is 5.82 Å². The Balaban J connectivity index is 2.43. The minimum absolute atomic E-state index is 0.269. The molecule has 1 rings (SSSR count). The molecule has 0 amide bonds. The third-order valence-electron chi connectivity index (χ3n) is 2.00. The standard InChI is InChI=1S/C10H13FINO/c11-9-5-3-8(4-6-9)10(14)2-1-7-13-12/h3-6,10,13-14H,1-2,7H2. The summed E-state index contributed by atoms with van der Waals surface area (Å²) in [7, 11) is 0. The molecule has 0 aromatic heterocycles. The van der Waals surface area contributed by atoms with E-state index in [2.05, 4.69) is 26.4 Å². The van der Waals surface area contributed by atoms with Crippen molar-refractivity contribution in [2.75, 3.05) is 6.54 Å². The first-order chi connectivity index (χ1) is 6.74. The van der Waals surface area contributed by atoms with Gasteiger partial charge in [-0.25, -0.2) is 4.39 Å². The van der Waals surface area contributed by atoms with Gasteiger partial charge in [0, 0.05) is 29.4 Å². The number of hydrogen-bond acceptors (Lipinski definition) is 2. The lowest BCUT2D eigenvalue weighted by Gasteiger charge is -2.09. The Morgan fingerprint density at radius 1 is 1.36 bits per heavy atom. The number of nitrogens with one attached hydrogen (secondary N) is 1. The molecule has 1 unspecified atom stereocenters. The zero-order valence-electron chi connectivity index (χ0n) is 7.71. The minimum atomic E-state index is -0.486. The van der Waals surface area contributed by atoms with Crippen molar-refractivity contribution in [3.8, 4) is 0 Å². The minimum Gasteiger partial charge on any atom is -0.388 e. The highest BCUT2D eigenvalue weighted by Crippen LogP contribution is 2.18.